The third-order valence-corrected chi connectivity index (χ3v) is 7.69. The lowest BCUT2D eigenvalue weighted by Crippen LogP contribution is -2.26. The summed E-state index contributed by atoms with van der Waals surface area (Å²) in [5.41, 5.74) is 5.69. The van der Waals surface area contributed by atoms with Gasteiger partial charge in [-0.3, -0.25) is 0 Å². The standard InChI is InChI=1S/C26H33N5O3S/c1-5-12-34-24-17(2)13-22(14-18(24)3)30-26-27-15-19(4)25(31-26)29-21-8-6-20(7-9-21)16-28-35(32,33)23-10-11-23/h6-9,13-15,23,28H,5,10-12,16H2,1-4H3,(H2,27,29,30,31). The van der Waals surface area contributed by atoms with Gasteiger partial charge >= 0.3 is 0 Å². The second kappa shape index (κ2) is 10.6. The highest BCUT2D eigenvalue weighted by atomic mass is 32.2. The van der Waals surface area contributed by atoms with Crippen LogP contribution in [0.2, 0.25) is 0 Å². The van der Waals surface area contributed by atoms with Gasteiger partial charge in [-0.25, -0.2) is 18.1 Å². The maximum Gasteiger partial charge on any atom is 0.229 e. The lowest BCUT2D eigenvalue weighted by atomic mass is 10.1. The Balaban J connectivity index is 1.42. The summed E-state index contributed by atoms with van der Waals surface area (Å²) in [6.07, 6.45) is 4.25. The smallest absolute Gasteiger partial charge is 0.229 e. The van der Waals surface area contributed by atoms with Gasteiger partial charge in [0.25, 0.3) is 0 Å². The number of hydrogen-bond acceptors (Lipinski definition) is 7. The Morgan fingerprint density at radius 1 is 0.971 bits per heavy atom. The minimum atomic E-state index is -3.19. The number of aryl methyl sites for hydroxylation is 3. The van der Waals surface area contributed by atoms with Gasteiger partial charge in [0.2, 0.25) is 16.0 Å². The van der Waals surface area contributed by atoms with Crippen molar-refractivity contribution in [2.75, 3.05) is 17.2 Å². The first kappa shape index (κ1) is 24.9. The van der Waals surface area contributed by atoms with E-state index in [1.54, 1.807) is 6.20 Å². The molecule has 8 nitrogen and oxygen atoms in total. The molecule has 1 heterocycles. The summed E-state index contributed by atoms with van der Waals surface area (Å²) >= 11 is 0. The zero-order chi connectivity index (χ0) is 25.0. The second-order valence-electron chi connectivity index (χ2n) is 9.03. The van der Waals surface area contributed by atoms with Crippen LogP contribution in [0, 0.1) is 20.8 Å². The van der Waals surface area contributed by atoms with E-state index < -0.39 is 10.0 Å². The third kappa shape index (κ3) is 6.49. The van der Waals surface area contributed by atoms with Gasteiger partial charge in [-0.2, -0.15) is 4.98 Å². The third-order valence-electron chi connectivity index (χ3n) is 5.80. The number of ether oxygens (including phenoxy) is 1. The molecule has 3 N–H and O–H groups in total. The van der Waals surface area contributed by atoms with Crippen molar-refractivity contribution in [3.63, 3.8) is 0 Å². The van der Waals surface area contributed by atoms with Crippen molar-refractivity contribution in [1.82, 2.24) is 14.7 Å². The van der Waals surface area contributed by atoms with Crippen LogP contribution in [0.25, 0.3) is 0 Å². The molecule has 0 spiro atoms. The molecule has 4 rings (SSSR count). The molecule has 9 heteroatoms. The van der Waals surface area contributed by atoms with Crippen LogP contribution in [0.15, 0.2) is 42.6 Å². The van der Waals surface area contributed by atoms with Gasteiger partial charge < -0.3 is 15.4 Å². The molecular formula is C26H33N5O3S. The molecule has 1 saturated carbocycles. The van der Waals surface area contributed by atoms with Crippen molar-refractivity contribution in [3.8, 4) is 5.75 Å². The molecule has 0 radical (unpaired) electrons. The van der Waals surface area contributed by atoms with Crippen molar-refractivity contribution in [2.24, 2.45) is 0 Å². The van der Waals surface area contributed by atoms with Crippen LogP contribution in [0.1, 0.15) is 48.4 Å². The first-order valence-electron chi connectivity index (χ1n) is 11.9. The molecule has 0 atom stereocenters. The van der Waals surface area contributed by atoms with E-state index in [1.165, 1.54) is 0 Å². The molecule has 0 aliphatic heterocycles. The highest BCUT2D eigenvalue weighted by molar-refractivity contribution is 7.90. The van der Waals surface area contributed by atoms with Crippen LogP contribution in [0.4, 0.5) is 23.1 Å². The van der Waals surface area contributed by atoms with Crippen LogP contribution >= 0.6 is 0 Å². The van der Waals surface area contributed by atoms with Crippen LogP contribution in [0.3, 0.4) is 0 Å². The number of rotatable bonds is 11. The molecule has 186 valence electrons. The summed E-state index contributed by atoms with van der Waals surface area (Å²) in [4.78, 5) is 9.08. The average molecular weight is 496 g/mol. The molecule has 0 bridgehead atoms. The fourth-order valence-corrected chi connectivity index (χ4v) is 5.10. The summed E-state index contributed by atoms with van der Waals surface area (Å²) in [6, 6.07) is 11.7. The molecule has 1 aliphatic rings. The lowest BCUT2D eigenvalue weighted by Gasteiger charge is -2.15. The Morgan fingerprint density at radius 2 is 1.66 bits per heavy atom. The first-order valence-corrected chi connectivity index (χ1v) is 13.5. The molecule has 2 aromatic carbocycles. The largest absolute Gasteiger partial charge is 0.493 e. The molecule has 3 aromatic rings. The van der Waals surface area contributed by atoms with Crippen molar-refractivity contribution in [1.29, 1.82) is 0 Å². The van der Waals surface area contributed by atoms with Crippen LogP contribution < -0.4 is 20.1 Å². The zero-order valence-corrected chi connectivity index (χ0v) is 21.5. The number of nitrogens with one attached hydrogen (secondary N) is 3. The monoisotopic (exact) mass is 495 g/mol. The quantitative estimate of drug-likeness (QED) is 0.333. The summed E-state index contributed by atoms with van der Waals surface area (Å²) in [6.45, 7) is 9.10. The molecule has 1 fully saturated rings. The Morgan fingerprint density at radius 3 is 2.29 bits per heavy atom. The minimum Gasteiger partial charge on any atom is -0.493 e. The van der Waals surface area contributed by atoms with Crippen LogP contribution in [0.5, 0.6) is 5.75 Å². The zero-order valence-electron chi connectivity index (χ0n) is 20.7. The molecule has 1 aromatic heterocycles. The van der Waals surface area contributed by atoms with E-state index in [2.05, 4.69) is 32.2 Å². The van der Waals surface area contributed by atoms with Gasteiger partial charge in [0.1, 0.15) is 11.6 Å². The first-order chi connectivity index (χ1) is 16.7. The summed E-state index contributed by atoms with van der Waals surface area (Å²) in [5.74, 6) is 2.11. The van der Waals surface area contributed by atoms with Gasteiger partial charge in [0, 0.05) is 29.7 Å². The maximum atomic E-state index is 12.0. The maximum absolute atomic E-state index is 12.0. The SMILES string of the molecule is CCCOc1c(C)cc(Nc2ncc(C)c(Nc3ccc(CNS(=O)(=O)C4CC4)cc3)n2)cc1C. The molecule has 0 amide bonds. The van der Waals surface area contributed by atoms with Crippen molar-refractivity contribution >= 4 is 33.2 Å². The average Bonchev–Trinajstić information content (AvgIpc) is 3.67. The predicted octanol–water partition coefficient (Wildman–Crippen LogP) is 5.26. The summed E-state index contributed by atoms with van der Waals surface area (Å²) < 4.78 is 32.6. The minimum absolute atomic E-state index is 0.216. The van der Waals surface area contributed by atoms with Crippen molar-refractivity contribution < 1.29 is 13.2 Å². The lowest BCUT2D eigenvalue weighted by molar-refractivity contribution is 0.313. The highest BCUT2D eigenvalue weighted by Gasteiger charge is 2.35. The van der Waals surface area contributed by atoms with E-state index in [0.717, 1.165) is 58.6 Å². The normalized spacial score (nSPS) is 13.5. The Hall–Kier alpha value is -3.17. The van der Waals surface area contributed by atoms with E-state index in [4.69, 9.17) is 4.74 Å². The van der Waals surface area contributed by atoms with E-state index in [0.29, 0.717) is 24.9 Å². The fourth-order valence-electron chi connectivity index (χ4n) is 3.73. The molecule has 0 unspecified atom stereocenters. The van der Waals surface area contributed by atoms with Gasteiger partial charge in [0.05, 0.1) is 11.9 Å². The molecule has 35 heavy (non-hydrogen) atoms. The number of sulfonamides is 1. The Labute approximate surface area is 207 Å². The fraction of sp³-hybridized carbons (Fsp3) is 0.385. The van der Waals surface area contributed by atoms with Crippen molar-refractivity contribution in [2.45, 2.75) is 58.8 Å². The Bertz CT molecular complexity index is 1270. The van der Waals surface area contributed by atoms with Gasteiger partial charge in [-0.1, -0.05) is 19.1 Å². The van der Waals surface area contributed by atoms with Gasteiger partial charge in [-0.05, 0) is 81.0 Å². The summed E-state index contributed by atoms with van der Waals surface area (Å²) in [5, 5.41) is 6.41. The van der Waals surface area contributed by atoms with E-state index in [-0.39, 0.29) is 5.25 Å². The van der Waals surface area contributed by atoms with E-state index in [9.17, 15) is 8.42 Å². The molecule has 1 aliphatic carbocycles. The van der Waals surface area contributed by atoms with E-state index >= 15 is 0 Å². The topological polar surface area (TPSA) is 105 Å². The van der Waals surface area contributed by atoms with Gasteiger partial charge in [-0.15, -0.1) is 0 Å². The number of hydrogen-bond donors (Lipinski definition) is 3. The second-order valence-corrected chi connectivity index (χ2v) is 11.1. The van der Waals surface area contributed by atoms with E-state index in [1.807, 2.05) is 57.2 Å². The predicted molar refractivity (Wildman–Crippen MR) is 140 cm³/mol. The van der Waals surface area contributed by atoms with Crippen LogP contribution in [-0.2, 0) is 16.6 Å². The molecule has 0 saturated heterocycles. The number of nitrogens with zero attached hydrogens (tertiary/aromatic N) is 2. The Kier molecular flexibility index (Phi) is 7.57. The number of aromatic nitrogens is 2. The molecular weight excluding hydrogens is 462 g/mol. The van der Waals surface area contributed by atoms with Gasteiger partial charge in [0.15, 0.2) is 0 Å². The highest BCUT2D eigenvalue weighted by Crippen LogP contribution is 2.29. The van der Waals surface area contributed by atoms with Crippen LogP contribution in [-0.4, -0.2) is 30.2 Å². The number of anilines is 4. The number of benzene rings is 2. The summed E-state index contributed by atoms with van der Waals surface area (Å²) in [7, 11) is -3.19. The van der Waals surface area contributed by atoms with Crippen molar-refractivity contribution in [3.05, 3.63) is 64.8 Å².